The van der Waals surface area contributed by atoms with Crippen LogP contribution in [0.25, 0.3) is 0 Å². The van der Waals surface area contributed by atoms with Gasteiger partial charge in [-0.1, -0.05) is 12.8 Å². The van der Waals surface area contributed by atoms with Crippen molar-refractivity contribution >= 4 is 21.7 Å². The van der Waals surface area contributed by atoms with Crippen LogP contribution in [0.5, 0.6) is 0 Å². The van der Waals surface area contributed by atoms with E-state index in [9.17, 15) is 18.0 Å². The summed E-state index contributed by atoms with van der Waals surface area (Å²) < 4.78 is 25.1. The largest absolute Gasteiger partial charge is 0.481 e. The van der Waals surface area contributed by atoms with Crippen molar-refractivity contribution in [1.82, 2.24) is 4.90 Å². The number of hydrogen-bond acceptors (Lipinski definition) is 4. The molecule has 130 valence electrons. The number of hydrogen-bond donors (Lipinski definition) is 1. The van der Waals surface area contributed by atoms with E-state index in [1.54, 1.807) is 0 Å². The normalized spacial score (nSPS) is 22.0. The Hall–Kier alpha value is -1.89. The van der Waals surface area contributed by atoms with E-state index in [-0.39, 0.29) is 22.6 Å². The molecule has 2 fully saturated rings. The molecule has 0 spiro atoms. The van der Waals surface area contributed by atoms with E-state index in [0.717, 1.165) is 12.8 Å². The van der Waals surface area contributed by atoms with E-state index in [4.69, 9.17) is 5.11 Å². The smallest absolute Gasteiger partial charge is 0.308 e. The third-order valence-corrected chi connectivity index (χ3v) is 7.27. The summed E-state index contributed by atoms with van der Waals surface area (Å²) in [6, 6.07) is 6.04. The summed E-state index contributed by atoms with van der Waals surface area (Å²) in [6.07, 6.45) is 3.75. The lowest BCUT2D eigenvalue weighted by atomic mass is 10.1. The van der Waals surface area contributed by atoms with Gasteiger partial charge in [0.05, 0.1) is 16.1 Å². The van der Waals surface area contributed by atoms with Crippen LogP contribution in [0.3, 0.4) is 0 Å². The quantitative estimate of drug-likeness (QED) is 0.895. The number of nitrogens with zero attached hydrogens (tertiary/aromatic N) is 1. The van der Waals surface area contributed by atoms with Gasteiger partial charge in [0.15, 0.2) is 9.84 Å². The molecule has 3 rings (SSSR count). The van der Waals surface area contributed by atoms with Gasteiger partial charge in [-0.15, -0.1) is 0 Å². The van der Waals surface area contributed by atoms with E-state index in [2.05, 4.69) is 0 Å². The average Bonchev–Trinajstić information content (AvgIpc) is 3.26. The topological polar surface area (TPSA) is 91.8 Å². The zero-order valence-corrected chi connectivity index (χ0v) is 14.2. The highest BCUT2D eigenvalue weighted by Crippen LogP contribution is 2.30. The number of benzene rings is 1. The van der Waals surface area contributed by atoms with Crippen molar-refractivity contribution in [1.29, 1.82) is 0 Å². The van der Waals surface area contributed by atoms with E-state index in [0.29, 0.717) is 31.4 Å². The van der Waals surface area contributed by atoms with Gasteiger partial charge in [0, 0.05) is 18.7 Å². The van der Waals surface area contributed by atoms with Crippen molar-refractivity contribution in [3.05, 3.63) is 29.8 Å². The number of amides is 1. The molecule has 1 saturated heterocycles. The first-order valence-corrected chi connectivity index (χ1v) is 9.80. The van der Waals surface area contributed by atoms with E-state index >= 15 is 0 Å². The second-order valence-corrected chi connectivity index (χ2v) is 8.78. The molecule has 7 heteroatoms. The molecule has 0 unspecified atom stereocenters. The average molecular weight is 351 g/mol. The second-order valence-electron chi connectivity index (χ2n) is 6.55. The Labute approximate surface area is 141 Å². The maximum atomic E-state index is 12.5. The molecule has 0 radical (unpaired) electrons. The van der Waals surface area contributed by atoms with Crippen molar-refractivity contribution < 1.29 is 23.1 Å². The highest BCUT2D eigenvalue weighted by Gasteiger charge is 2.32. The number of carbonyl (C=O) groups is 2. The van der Waals surface area contributed by atoms with Gasteiger partial charge in [0.1, 0.15) is 0 Å². The molecule has 1 aromatic carbocycles. The van der Waals surface area contributed by atoms with Gasteiger partial charge in [-0.3, -0.25) is 9.59 Å². The molecular weight excluding hydrogens is 330 g/mol. The number of carboxylic acid groups (broad SMARTS) is 1. The zero-order valence-electron chi connectivity index (χ0n) is 13.3. The summed E-state index contributed by atoms with van der Waals surface area (Å²) >= 11 is 0. The molecule has 2 aliphatic rings. The van der Waals surface area contributed by atoms with Crippen molar-refractivity contribution in [2.75, 3.05) is 13.1 Å². The Morgan fingerprint density at radius 2 is 1.67 bits per heavy atom. The number of aliphatic carboxylic acids is 1. The minimum absolute atomic E-state index is 0.205. The summed E-state index contributed by atoms with van der Waals surface area (Å²) in [6.45, 7) is 0.619. The SMILES string of the molecule is O=C(O)[C@H]1CCN(C(=O)c2ccc(S(=O)(=O)C3CCCC3)cc2)C1. The molecule has 1 heterocycles. The maximum Gasteiger partial charge on any atom is 0.308 e. The number of rotatable bonds is 4. The standard InChI is InChI=1S/C17H21NO5S/c19-16(18-10-9-13(11-18)17(20)21)12-5-7-15(8-6-12)24(22,23)14-3-1-2-4-14/h5-8,13-14H,1-4,9-11H2,(H,20,21)/t13-/m0/s1. The third kappa shape index (κ3) is 3.17. The molecule has 0 aromatic heterocycles. The molecule has 6 nitrogen and oxygen atoms in total. The van der Waals surface area contributed by atoms with Crippen LogP contribution in [-0.4, -0.2) is 48.6 Å². The second kappa shape index (κ2) is 6.55. The van der Waals surface area contributed by atoms with Crippen LogP contribution in [0.4, 0.5) is 0 Å². The van der Waals surface area contributed by atoms with Crippen LogP contribution >= 0.6 is 0 Å². The minimum atomic E-state index is -3.32. The first-order chi connectivity index (χ1) is 11.4. The Morgan fingerprint density at radius 1 is 1.04 bits per heavy atom. The highest BCUT2D eigenvalue weighted by molar-refractivity contribution is 7.92. The molecule has 1 N–H and O–H groups in total. The lowest BCUT2D eigenvalue weighted by Crippen LogP contribution is -2.30. The fourth-order valence-electron chi connectivity index (χ4n) is 3.51. The van der Waals surface area contributed by atoms with Crippen LogP contribution in [0.15, 0.2) is 29.2 Å². The van der Waals surface area contributed by atoms with Crippen molar-refractivity contribution in [2.45, 2.75) is 42.2 Å². The molecule has 1 aromatic rings. The van der Waals surface area contributed by atoms with Crippen LogP contribution in [0, 0.1) is 5.92 Å². The Bertz CT molecular complexity index is 735. The van der Waals surface area contributed by atoms with E-state index < -0.39 is 21.7 Å². The third-order valence-electron chi connectivity index (χ3n) is 5.00. The van der Waals surface area contributed by atoms with Crippen LogP contribution in [-0.2, 0) is 14.6 Å². The van der Waals surface area contributed by atoms with Crippen molar-refractivity contribution in [3.63, 3.8) is 0 Å². The molecule has 1 amide bonds. The van der Waals surface area contributed by atoms with Gasteiger partial charge in [-0.25, -0.2) is 8.42 Å². The molecule has 0 bridgehead atoms. The predicted octanol–water partition coefficient (Wildman–Crippen LogP) is 1.95. The fraction of sp³-hybridized carbons (Fsp3) is 0.529. The van der Waals surface area contributed by atoms with Crippen LogP contribution in [0.2, 0.25) is 0 Å². The first-order valence-electron chi connectivity index (χ1n) is 8.25. The zero-order chi connectivity index (χ0) is 17.3. The summed E-state index contributed by atoms with van der Waals surface area (Å²) in [4.78, 5) is 25.2. The molecular formula is C17H21NO5S. The monoisotopic (exact) mass is 351 g/mol. The van der Waals surface area contributed by atoms with Gasteiger partial charge in [0.2, 0.25) is 0 Å². The minimum Gasteiger partial charge on any atom is -0.481 e. The molecule has 1 aliphatic heterocycles. The first kappa shape index (κ1) is 17.0. The number of sulfone groups is 1. The molecule has 24 heavy (non-hydrogen) atoms. The van der Waals surface area contributed by atoms with Gasteiger partial charge in [-0.05, 0) is 43.5 Å². The molecule has 1 aliphatic carbocycles. The maximum absolute atomic E-state index is 12.5. The molecule has 1 atom stereocenters. The number of carbonyl (C=O) groups excluding carboxylic acids is 1. The van der Waals surface area contributed by atoms with Gasteiger partial charge < -0.3 is 10.0 Å². The van der Waals surface area contributed by atoms with E-state index in [1.165, 1.54) is 29.2 Å². The summed E-state index contributed by atoms with van der Waals surface area (Å²) in [5, 5.41) is 8.70. The van der Waals surface area contributed by atoms with Gasteiger partial charge >= 0.3 is 5.97 Å². The highest BCUT2D eigenvalue weighted by atomic mass is 32.2. The van der Waals surface area contributed by atoms with Crippen molar-refractivity contribution in [2.24, 2.45) is 5.92 Å². The van der Waals surface area contributed by atoms with Crippen LogP contribution in [0.1, 0.15) is 42.5 Å². The lowest BCUT2D eigenvalue weighted by molar-refractivity contribution is -0.141. The fourth-order valence-corrected chi connectivity index (χ4v) is 5.36. The Morgan fingerprint density at radius 3 is 2.21 bits per heavy atom. The van der Waals surface area contributed by atoms with E-state index in [1.807, 2.05) is 0 Å². The Kier molecular flexibility index (Phi) is 4.62. The molecule has 1 saturated carbocycles. The van der Waals surface area contributed by atoms with Gasteiger partial charge in [-0.2, -0.15) is 0 Å². The Balaban J connectivity index is 1.73. The van der Waals surface area contributed by atoms with Gasteiger partial charge in [0.25, 0.3) is 5.91 Å². The van der Waals surface area contributed by atoms with Crippen LogP contribution < -0.4 is 0 Å². The summed E-state index contributed by atoms with van der Waals surface area (Å²) in [7, 11) is -3.32. The summed E-state index contributed by atoms with van der Waals surface area (Å²) in [5.41, 5.74) is 0.395. The lowest BCUT2D eigenvalue weighted by Gasteiger charge is -2.16. The number of likely N-dealkylation sites (tertiary alicyclic amines) is 1. The number of carboxylic acids is 1. The van der Waals surface area contributed by atoms with Crippen molar-refractivity contribution in [3.8, 4) is 0 Å². The predicted molar refractivity (Wildman–Crippen MR) is 87.5 cm³/mol. The summed E-state index contributed by atoms with van der Waals surface area (Å²) in [5.74, 6) is -1.65.